The number of fused-ring (bicyclic) bond motifs is 2. The number of benzene rings is 2. The van der Waals surface area contributed by atoms with Gasteiger partial charge in [0, 0.05) is 29.1 Å². The summed E-state index contributed by atoms with van der Waals surface area (Å²) in [6, 6.07) is 13.1. The number of hydrogen-bond acceptors (Lipinski definition) is 6. The molecule has 3 aromatic rings. The number of ether oxygens (including phenoxy) is 3. The number of aromatic nitrogens is 1. The van der Waals surface area contributed by atoms with Crippen molar-refractivity contribution in [3.63, 3.8) is 0 Å². The van der Waals surface area contributed by atoms with Crippen molar-refractivity contribution in [2.45, 2.75) is 79.1 Å². The maximum atomic E-state index is 13.5. The van der Waals surface area contributed by atoms with Gasteiger partial charge in [-0.3, -0.25) is 4.98 Å². The van der Waals surface area contributed by atoms with Crippen molar-refractivity contribution in [2.75, 3.05) is 19.8 Å². The molecule has 2 aliphatic heterocycles. The molecule has 0 amide bonds. The van der Waals surface area contributed by atoms with E-state index in [0.717, 1.165) is 83.9 Å². The first-order chi connectivity index (χ1) is 18.7. The first kappa shape index (κ1) is 27.4. The first-order valence-corrected chi connectivity index (χ1v) is 14.1. The van der Waals surface area contributed by atoms with E-state index in [1.165, 1.54) is 16.7 Å². The van der Waals surface area contributed by atoms with Gasteiger partial charge in [0.25, 0.3) is 0 Å². The highest BCUT2D eigenvalue weighted by atomic mass is 16.6. The fraction of sp³-hybridized carbons (Fsp3) is 0.455. The summed E-state index contributed by atoms with van der Waals surface area (Å²) in [5.74, 6) is 0.538. The van der Waals surface area contributed by atoms with Gasteiger partial charge in [-0.2, -0.15) is 0 Å². The molecule has 0 fully saturated rings. The van der Waals surface area contributed by atoms with Crippen molar-refractivity contribution in [3.8, 4) is 28.0 Å². The van der Waals surface area contributed by atoms with Gasteiger partial charge in [-0.1, -0.05) is 24.3 Å². The number of aryl methyl sites for hydroxylation is 3. The quantitative estimate of drug-likeness (QED) is 0.372. The standard InChI is InChI=1S/C33H40N2O4/c1-7-37-32(36)31(39-33(4,5)6)29-21(3)35-20(2)28(24-10-11-26-19-34-15-14-22(26)17-24)30(29)25-12-13-27-23(18-25)9-8-16-38-27/h10-13,17-18,31,34H,7-9,14-16,19H2,1-6H3. The fourth-order valence-corrected chi connectivity index (χ4v) is 5.78. The zero-order chi connectivity index (χ0) is 27.7. The average molecular weight is 529 g/mol. The summed E-state index contributed by atoms with van der Waals surface area (Å²) in [4.78, 5) is 18.5. The monoisotopic (exact) mass is 528 g/mol. The molecule has 0 saturated carbocycles. The number of carbonyl (C=O) groups excluding carboxylic acids is 1. The van der Waals surface area contributed by atoms with Crippen LogP contribution in [0.4, 0.5) is 0 Å². The van der Waals surface area contributed by atoms with Crippen LogP contribution in [-0.4, -0.2) is 36.3 Å². The van der Waals surface area contributed by atoms with Crippen LogP contribution in [0.25, 0.3) is 22.3 Å². The Bertz CT molecular complexity index is 1390. The van der Waals surface area contributed by atoms with Crippen LogP contribution in [0.5, 0.6) is 5.75 Å². The molecule has 1 atom stereocenters. The highest BCUT2D eigenvalue weighted by Gasteiger charge is 2.34. The molecule has 1 N–H and O–H groups in total. The van der Waals surface area contributed by atoms with Crippen molar-refractivity contribution >= 4 is 5.97 Å². The Morgan fingerprint density at radius 1 is 1.00 bits per heavy atom. The van der Waals surface area contributed by atoms with E-state index in [9.17, 15) is 4.79 Å². The van der Waals surface area contributed by atoms with Crippen LogP contribution in [0.2, 0.25) is 0 Å². The molecule has 3 heterocycles. The predicted molar refractivity (Wildman–Crippen MR) is 154 cm³/mol. The molecule has 39 heavy (non-hydrogen) atoms. The molecule has 206 valence electrons. The summed E-state index contributed by atoms with van der Waals surface area (Å²) in [6.45, 7) is 14.6. The lowest BCUT2D eigenvalue weighted by Crippen LogP contribution is -2.30. The second-order valence-electron chi connectivity index (χ2n) is 11.5. The number of nitrogens with zero attached hydrogens (tertiary/aromatic N) is 1. The minimum Gasteiger partial charge on any atom is -0.493 e. The van der Waals surface area contributed by atoms with Crippen LogP contribution in [0, 0.1) is 13.8 Å². The summed E-state index contributed by atoms with van der Waals surface area (Å²) in [7, 11) is 0. The summed E-state index contributed by atoms with van der Waals surface area (Å²) in [5, 5.41) is 3.46. The molecule has 6 heteroatoms. The van der Waals surface area contributed by atoms with Crippen molar-refractivity contribution in [1.29, 1.82) is 0 Å². The van der Waals surface area contributed by atoms with Gasteiger partial charge >= 0.3 is 5.97 Å². The highest BCUT2D eigenvalue weighted by Crippen LogP contribution is 2.44. The van der Waals surface area contributed by atoms with Crippen LogP contribution >= 0.6 is 0 Å². The van der Waals surface area contributed by atoms with E-state index in [-0.39, 0.29) is 6.61 Å². The van der Waals surface area contributed by atoms with Gasteiger partial charge in [0.2, 0.25) is 0 Å². The Morgan fingerprint density at radius 2 is 1.74 bits per heavy atom. The average Bonchev–Trinajstić information content (AvgIpc) is 2.90. The lowest BCUT2D eigenvalue weighted by atomic mass is 9.84. The van der Waals surface area contributed by atoms with Gasteiger partial charge in [0.05, 0.1) is 18.8 Å². The van der Waals surface area contributed by atoms with E-state index < -0.39 is 17.7 Å². The van der Waals surface area contributed by atoms with E-state index in [1.54, 1.807) is 0 Å². The van der Waals surface area contributed by atoms with Crippen LogP contribution in [0.1, 0.15) is 73.9 Å². The van der Waals surface area contributed by atoms with Crippen molar-refractivity contribution in [1.82, 2.24) is 10.3 Å². The summed E-state index contributed by atoms with van der Waals surface area (Å²) < 4.78 is 18.0. The van der Waals surface area contributed by atoms with E-state index in [0.29, 0.717) is 0 Å². The molecule has 0 bridgehead atoms. The maximum Gasteiger partial charge on any atom is 0.340 e. The number of esters is 1. The minimum absolute atomic E-state index is 0.276. The maximum absolute atomic E-state index is 13.5. The van der Waals surface area contributed by atoms with Gasteiger partial charge in [0.1, 0.15) is 5.75 Å². The molecule has 0 radical (unpaired) electrons. The van der Waals surface area contributed by atoms with Gasteiger partial charge in [0.15, 0.2) is 6.10 Å². The molecule has 1 unspecified atom stereocenters. The SMILES string of the molecule is CCOC(=O)C(OC(C)(C)C)c1c(C)nc(C)c(-c2ccc3c(c2)CCNC3)c1-c1ccc2c(c1)CCCO2. The largest absolute Gasteiger partial charge is 0.493 e. The fourth-order valence-electron chi connectivity index (χ4n) is 5.78. The van der Waals surface area contributed by atoms with Gasteiger partial charge in [-0.25, -0.2) is 4.79 Å². The Kier molecular flexibility index (Phi) is 7.79. The molecule has 2 aromatic carbocycles. The molecule has 5 rings (SSSR count). The number of carbonyl (C=O) groups is 1. The summed E-state index contributed by atoms with van der Waals surface area (Å²) in [6.07, 6.45) is 2.02. The second kappa shape index (κ2) is 11.1. The van der Waals surface area contributed by atoms with E-state index in [4.69, 9.17) is 19.2 Å². The molecular weight excluding hydrogens is 488 g/mol. The molecule has 0 aliphatic carbocycles. The Balaban J connectivity index is 1.80. The minimum atomic E-state index is -0.916. The van der Waals surface area contributed by atoms with Crippen molar-refractivity contribution < 1.29 is 19.0 Å². The predicted octanol–water partition coefficient (Wildman–Crippen LogP) is 6.42. The molecule has 1 aromatic heterocycles. The lowest BCUT2D eigenvalue weighted by Gasteiger charge is -2.30. The second-order valence-corrected chi connectivity index (χ2v) is 11.5. The van der Waals surface area contributed by atoms with Gasteiger partial charge < -0.3 is 19.5 Å². The zero-order valence-corrected chi connectivity index (χ0v) is 24.1. The Morgan fingerprint density at radius 3 is 2.51 bits per heavy atom. The third-order valence-electron chi connectivity index (χ3n) is 7.42. The number of hydrogen-bond donors (Lipinski definition) is 1. The van der Waals surface area contributed by atoms with Crippen molar-refractivity contribution in [3.05, 3.63) is 70.0 Å². The topological polar surface area (TPSA) is 69.7 Å². The van der Waals surface area contributed by atoms with Crippen LogP contribution in [0.3, 0.4) is 0 Å². The summed E-state index contributed by atoms with van der Waals surface area (Å²) >= 11 is 0. The molecule has 2 aliphatic rings. The van der Waals surface area contributed by atoms with E-state index >= 15 is 0 Å². The van der Waals surface area contributed by atoms with Crippen LogP contribution in [0.15, 0.2) is 36.4 Å². The lowest BCUT2D eigenvalue weighted by molar-refractivity contribution is -0.166. The molecule has 0 spiro atoms. The first-order valence-electron chi connectivity index (χ1n) is 14.1. The van der Waals surface area contributed by atoms with Crippen molar-refractivity contribution in [2.24, 2.45) is 0 Å². The van der Waals surface area contributed by atoms with Crippen LogP contribution in [-0.2, 0) is 33.7 Å². The third-order valence-corrected chi connectivity index (χ3v) is 7.42. The number of pyridine rings is 1. The van der Waals surface area contributed by atoms with E-state index in [2.05, 4.69) is 48.6 Å². The molecule has 6 nitrogen and oxygen atoms in total. The number of rotatable bonds is 6. The highest BCUT2D eigenvalue weighted by molar-refractivity contribution is 5.92. The molecular formula is C33H40N2O4. The van der Waals surface area contributed by atoms with Crippen LogP contribution < -0.4 is 10.1 Å². The smallest absolute Gasteiger partial charge is 0.340 e. The molecule has 0 saturated heterocycles. The summed E-state index contributed by atoms with van der Waals surface area (Å²) in [5.41, 5.74) is 9.88. The Hall–Kier alpha value is -3.22. The third kappa shape index (κ3) is 5.73. The van der Waals surface area contributed by atoms with E-state index in [1.807, 2.05) is 34.6 Å². The normalized spacial score (nSPS) is 15.6. The van der Waals surface area contributed by atoms with Gasteiger partial charge in [-0.05, 0) is 113 Å². The Labute approximate surface area is 232 Å². The van der Waals surface area contributed by atoms with Gasteiger partial charge in [-0.15, -0.1) is 0 Å². The zero-order valence-electron chi connectivity index (χ0n) is 24.1. The number of nitrogens with one attached hydrogen (secondary N) is 1.